The first-order valence-corrected chi connectivity index (χ1v) is 13.1. The lowest BCUT2D eigenvalue weighted by molar-refractivity contribution is -0.150. The molecule has 0 fully saturated rings. The van der Waals surface area contributed by atoms with E-state index in [0.717, 1.165) is 39.0 Å². The molecule has 2 atom stereocenters. The number of aromatic nitrogens is 2. The summed E-state index contributed by atoms with van der Waals surface area (Å²) in [7, 11) is 0. The van der Waals surface area contributed by atoms with Crippen molar-refractivity contribution in [1.29, 1.82) is 0 Å². The number of nitrogens with two attached hydrogens (primary N) is 1. The SMILES string of the molecule is CCC1(SC)C(=O)OCc2c1cc1n(c2=O)Cc2c-1nc1ccc(N)c3c1c2CC[S+]3[O-]. The summed E-state index contributed by atoms with van der Waals surface area (Å²) in [4.78, 5) is 31.9. The molecule has 2 aromatic heterocycles. The second kappa shape index (κ2) is 6.76. The van der Waals surface area contributed by atoms with Crippen LogP contribution >= 0.6 is 11.8 Å². The van der Waals surface area contributed by atoms with Gasteiger partial charge in [0.2, 0.25) is 0 Å². The standard InChI is InChI=1S/C23H21N3O4S2/c1-3-23(31-2)14-8-17-19-12(9-26(17)21(27)13(14)10-30-22(23)28)11-6-7-32(29)20-15(24)4-5-16(25-19)18(11)20/h4-5,8H,3,6-7,9-10,24H2,1-2H3. The largest absolute Gasteiger partial charge is 0.611 e. The average molecular weight is 468 g/mol. The van der Waals surface area contributed by atoms with E-state index in [1.165, 1.54) is 11.8 Å². The highest BCUT2D eigenvalue weighted by molar-refractivity contribution is 8.00. The van der Waals surface area contributed by atoms with Crippen molar-refractivity contribution in [2.24, 2.45) is 0 Å². The van der Waals surface area contributed by atoms with Crippen molar-refractivity contribution >= 4 is 45.5 Å². The molecule has 164 valence electrons. The highest BCUT2D eigenvalue weighted by Crippen LogP contribution is 2.47. The zero-order valence-corrected chi connectivity index (χ0v) is 19.3. The van der Waals surface area contributed by atoms with E-state index in [1.54, 1.807) is 10.6 Å². The lowest BCUT2D eigenvalue weighted by Crippen LogP contribution is -2.42. The molecule has 0 bridgehead atoms. The molecular formula is C23H21N3O4S2. The fourth-order valence-corrected chi connectivity index (χ4v) is 7.69. The molecule has 3 aliphatic heterocycles. The third-order valence-corrected chi connectivity index (χ3v) is 9.88. The Balaban J connectivity index is 1.67. The number of anilines is 1. The first-order valence-electron chi connectivity index (χ1n) is 10.5. The fourth-order valence-electron chi connectivity index (χ4n) is 5.39. The van der Waals surface area contributed by atoms with Crippen molar-refractivity contribution in [2.45, 2.75) is 42.6 Å². The van der Waals surface area contributed by atoms with Crippen molar-refractivity contribution in [3.8, 4) is 11.4 Å². The number of ether oxygens (including phenoxy) is 1. The second-order valence-corrected chi connectivity index (χ2v) is 11.0. The summed E-state index contributed by atoms with van der Waals surface area (Å²) in [6.07, 6.45) is 3.05. The van der Waals surface area contributed by atoms with E-state index in [2.05, 4.69) is 0 Å². The quantitative estimate of drug-likeness (QED) is 0.274. The number of thioether (sulfide) groups is 1. The topological polar surface area (TPSA) is 110 Å². The summed E-state index contributed by atoms with van der Waals surface area (Å²) in [6, 6.07) is 5.58. The van der Waals surface area contributed by atoms with Gasteiger partial charge in [-0.3, -0.25) is 9.59 Å². The Kier molecular flexibility index (Phi) is 4.25. The zero-order chi connectivity index (χ0) is 22.4. The Morgan fingerprint density at radius 2 is 2.12 bits per heavy atom. The van der Waals surface area contributed by atoms with Crippen molar-refractivity contribution in [3.05, 3.63) is 50.8 Å². The van der Waals surface area contributed by atoms with Gasteiger partial charge in [0.25, 0.3) is 5.56 Å². The monoisotopic (exact) mass is 467 g/mol. The molecule has 0 radical (unpaired) electrons. The van der Waals surface area contributed by atoms with E-state index in [9.17, 15) is 14.1 Å². The fraction of sp³-hybridized carbons (Fsp3) is 0.348. The molecule has 7 nitrogen and oxygen atoms in total. The molecule has 6 rings (SSSR count). The third kappa shape index (κ3) is 2.36. The number of esters is 1. The second-order valence-electron chi connectivity index (χ2n) is 8.37. The number of pyridine rings is 2. The summed E-state index contributed by atoms with van der Waals surface area (Å²) in [6.45, 7) is 2.34. The van der Waals surface area contributed by atoms with E-state index in [-0.39, 0.29) is 18.1 Å². The molecule has 0 saturated heterocycles. The molecule has 9 heteroatoms. The van der Waals surface area contributed by atoms with E-state index in [1.807, 2.05) is 25.3 Å². The molecule has 32 heavy (non-hydrogen) atoms. The van der Waals surface area contributed by atoms with Crippen molar-refractivity contribution in [1.82, 2.24) is 9.55 Å². The van der Waals surface area contributed by atoms with Crippen LogP contribution in [-0.4, -0.2) is 32.1 Å². The number of hydrogen-bond donors (Lipinski definition) is 1. The Morgan fingerprint density at radius 3 is 2.88 bits per heavy atom. The number of cyclic esters (lactones) is 1. The Hall–Kier alpha value is -2.49. The molecule has 0 saturated carbocycles. The van der Waals surface area contributed by atoms with Crippen molar-refractivity contribution < 1.29 is 14.1 Å². The highest BCUT2D eigenvalue weighted by atomic mass is 32.2. The minimum Gasteiger partial charge on any atom is -0.611 e. The van der Waals surface area contributed by atoms with Crippen LogP contribution in [0.25, 0.3) is 22.3 Å². The molecule has 0 spiro atoms. The molecule has 0 amide bonds. The van der Waals surface area contributed by atoms with Gasteiger partial charge in [-0.1, -0.05) is 6.92 Å². The zero-order valence-electron chi connectivity index (χ0n) is 17.7. The maximum Gasteiger partial charge on any atom is 0.327 e. The summed E-state index contributed by atoms with van der Waals surface area (Å²) in [5.74, 6) is 0.203. The third-order valence-electron chi connectivity index (χ3n) is 7.03. The Bertz CT molecular complexity index is 1410. The van der Waals surface area contributed by atoms with Gasteiger partial charge in [-0.15, -0.1) is 11.8 Å². The van der Waals surface area contributed by atoms with Gasteiger partial charge in [-0.2, -0.15) is 0 Å². The van der Waals surface area contributed by atoms with Crippen LogP contribution in [0, 0.1) is 0 Å². The average Bonchev–Trinajstić information content (AvgIpc) is 3.16. The van der Waals surface area contributed by atoms with Crippen LogP contribution in [-0.2, 0) is 45.0 Å². The molecule has 0 aliphatic carbocycles. The number of fused-ring (bicyclic) bond motifs is 5. The Labute approximate surface area is 191 Å². The number of rotatable bonds is 2. The lowest BCUT2D eigenvalue weighted by atomic mass is 9.89. The summed E-state index contributed by atoms with van der Waals surface area (Å²) in [5, 5.41) is 0.865. The number of carbonyl (C=O) groups excluding carboxylic acids is 1. The van der Waals surface area contributed by atoms with Gasteiger partial charge < -0.3 is 19.6 Å². The Morgan fingerprint density at radius 1 is 1.31 bits per heavy atom. The molecule has 3 aromatic rings. The van der Waals surface area contributed by atoms with Crippen LogP contribution in [0.15, 0.2) is 27.9 Å². The van der Waals surface area contributed by atoms with Crippen molar-refractivity contribution in [2.75, 3.05) is 17.7 Å². The number of nitrogens with zero attached hydrogens (tertiary/aromatic N) is 2. The number of hydrogen-bond acceptors (Lipinski definition) is 7. The molecular weight excluding hydrogens is 446 g/mol. The molecule has 2 N–H and O–H groups in total. The summed E-state index contributed by atoms with van der Waals surface area (Å²) >= 11 is 0.251. The predicted octanol–water partition coefficient (Wildman–Crippen LogP) is 2.70. The van der Waals surface area contributed by atoms with Gasteiger partial charge in [-0.05, 0) is 53.2 Å². The smallest absolute Gasteiger partial charge is 0.327 e. The molecule has 5 heterocycles. The highest BCUT2D eigenvalue weighted by Gasteiger charge is 2.46. The van der Waals surface area contributed by atoms with Crippen LogP contribution in [0.1, 0.15) is 35.6 Å². The van der Waals surface area contributed by atoms with Crippen LogP contribution in [0.2, 0.25) is 0 Å². The van der Waals surface area contributed by atoms with E-state index >= 15 is 0 Å². The van der Waals surface area contributed by atoms with Crippen LogP contribution in [0.5, 0.6) is 0 Å². The summed E-state index contributed by atoms with van der Waals surface area (Å²) in [5.41, 5.74) is 12.1. The number of carbonyl (C=O) groups is 1. The predicted molar refractivity (Wildman–Crippen MR) is 125 cm³/mol. The minimum atomic E-state index is -1.16. The first kappa shape index (κ1) is 20.1. The number of nitrogen functional groups attached to an aromatic ring is 1. The van der Waals surface area contributed by atoms with Gasteiger partial charge in [0.05, 0.1) is 40.1 Å². The molecule has 1 aromatic carbocycles. The molecule has 2 unspecified atom stereocenters. The van der Waals surface area contributed by atoms with E-state index < -0.39 is 15.9 Å². The van der Waals surface area contributed by atoms with Crippen molar-refractivity contribution in [3.63, 3.8) is 0 Å². The first-order chi connectivity index (χ1) is 15.4. The minimum absolute atomic E-state index is 0.00609. The van der Waals surface area contributed by atoms with Gasteiger partial charge in [0.1, 0.15) is 17.1 Å². The van der Waals surface area contributed by atoms with Crippen LogP contribution in [0.4, 0.5) is 5.69 Å². The number of benzene rings is 1. The number of aryl methyl sites for hydroxylation is 1. The van der Waals surface area contributed by atoms with Gasteiger partial charge in [0, 0.05) is 12.0 Å². The van der Waals surface area contributed by atoms with E-state index in [0.29, 0.717) is 41.3 Å². The summed E-state index contributed by atoms with van der Waals surface area (Å²) < 4.78 is 19.0. The van der Waals surface area contributed by atoms with Gasteiger partial charge >= 0.3 is 5.97 Å². The lowest BCUT2D eigenvalue weighted by Gasteiger charge is -2.34. The molecule has 3 aliphatic rings. The maximum absolute atomic E-state index is 13.5. The van der Waals surface area contributed by atoms with Gasteiger partial charge in [0.15, 0.2) is 4.90 Å². The van der Waals surface area contributed by atoms with Gasteiger partial charge in [-0.25, -0.2) is 4.98 Å². The maximum atomic E-state index is 13.5. The normalized spacial score (nSPS) is 23.0. The van der Waals surface area contributed by atoms with Crippen LogP contribution in [0.3, 0.4) is 0 Å². The van der Waals surface area contributed by atoms with Crippen LogP contribution < -0.4 is 11.3 Å². The van der Waals surface area contributed by atoms with E-state index in [4.69, 9.17) is 15.5 Å².